The van der Waals surface area contributed by atoms with Gasteiger partial charge in [-0.25, -0.2) is 0 Å². The molecule has 0 saturated heterocycles. The van der Waals surface area contributed by atoms with Crippen LogP contribution in [0.25, 0.3) is 0 Å². The standard InChI is InChI=1S/C26H50O/c1-3-5-7-9-12-23-14-16-25(17-15-23)13-10-22-27-26-20-18-24(19-21-26)11-8-6-4-2/h23-26H,3-22H2,1-2H3/t23-,24-,25-,26-. The molecule has 0 aromatic rings. The second-order valence-corrected chi connectivity index (χ2v) is 9.89. The largest absolute Gasteiger partial charge is 0.378 e. The van der Waals surface area contributed by atoms with Crippen molar-refractivity contribution in [2.75, 3.05) is 6.61 Å². The first-order chi connectivity index (χ1) is 13.3. The highest BCUT2D eigenvalue weighted by molar-refractivity contribution is 4.74. The molecule has 1 nitrogen and oxygen atoms in total. The first-order valence-corrected chi connectivity index (χ1v) is 12.9. The molecule has 0 bridgehead atoms. The maximum atomic E-state index is 6.25. The predicted molar refractivity (Wildman–Crippen MR) is 119 cm³/mol. The summed E-state index contributed by atoms with van der Waals surface area (Å²) >= 11 is 0. The van der Waals surface area contributed by atoms with E-state index in [4.69, 9.17) is 4.74 Å². The molecule has 0 spiro atoms. The van der Waals surface area contributed by atoms with Crippen molar-refractivity contribution >= 4 is 0 Å². The van der Waals surface area contributed by atoms with Crippen molar-refractivity contribution in [3.05, 3.63) is 0 Å². The van der Waals surface area contributed by atoms with Crippen LogP contribution in [0.2, 0.25) is 0 Å². The minimum atomic E-state index is 0.589. The van der Waals surface area contributed by atoms with Crippen LogP contribution >= 0.6 is 0 Å². The van der Waals surface area contributed by atoms with E-state index in [9.17, 15) is 0 Å². The van der Waals surface area contributed by atoms with Crippen molar-refractivity contribution in [2.24, 2.45) is 17.8 Å². The molecular formula is C26H50O. The molecule has 2 saturated carbocycles. The molecule has 2 aliphatic rings. The quantitative estimate of drug-likeness (QED) is 0.275. The lowest BCUT2D eigenvalue weighted by Gasteiger charge is -2.30. The molecule has 0 unspecified atom stereocenters. The smallest absolute Gasteiger partial charge is 0.0575 e. The lowest BCUT2D eigenvalue weighted by atomic mass is 9.78. The molecule has 27 heavy (non-hydrogen) atoms. The van der Waals surface area contributed by atoms with Gasteiger partial charge in [0.25, 0.3) is 0 Å². The van der Waals surface area contributed by atoms with Gasteiger partial charge in [-0.1, -0.05) is 97.3 Å². The second-order valence-electron chi connectivity index (χ2n) is 9.89. The van der Waals surface area contributed by atoms with Gasteiger partial charge in [0.1, 0.15) is 0 Å². The molecule has 0 aromatic heterocycles. The monoisotopic (exact) mass is 378 g/mol. The summed E-state index contributed by atoms with van der Waals surface area (Å²) in [5.74, 6) is 3.07. The Morgan fingerprint density at radius 3 is 1.52 bits per heavy atom. The van der Waals surface area contributed by atoms with E-state index < -0.39 is 0 Å². The van der Waals surface area contributed by atoms with Crippen LogP contribution in [0.3, 0.4) is 0 Å². The van der Waals surface area contributed by atoms with Crippen LogP contribution in [0, 0.1) is 17.8 Å². The molecular weight excluding hydrogens is 328 g/mol. The fourth-order valence-corrected chi connectivity index (χ4v) is 5.56. The Balaban J connectivity index is 1.42. The van der Waals surface area contributed by atoms with Gasteiger partial charge in [-0.3, -0.25) is 0 Å². The van der Waals surface area contributed by atoms with Crippen LogP contribution in [0.1, 0.15) is 136 Å². The van der Waals surface area contributed by atoms with Crippen LogP contribution in [-0.2, 0) is 4.74 Å². The van der Waals surface area contributed by atoms with Crippen molar-refractivity contribution in [1.29, 1.82) is 0 Å². The highest BCUT2D eigenvalue weighted by atomic mass is 16.5. The molecule has 0 radical (unpaired) electrons. The molecule has 0 heterocycles. The van der Waals surface area contributed by atoms with Crippen molar-refractivity contribution in [2.45, 2.75) is 142 Å². The minimum absolute atomic E-state index is 0.589. The number of hydrogen-bond acceptors (Lipinski definition) is 1. The Bertz CT molecular complexity index is 323. The summed E-state index contributed by atoms with van der Waals surface area (Å²) in [6, 6.07) is 0. The normalized spacial score (nSPS) is 29.1. The van der Waals surface area contributed by atoms with Crippen LogP contribution in [0.15, 0.2) is 0 Å². The molecule has 0 aliphatic heterocycles. The van der Waals surface area contributed by atoms with Gasteiger partial charge in [0.2, 0.25) is 0 Å². The topological polar surface area (TPSA) is 9.23 Å². The minimum Gasteiger partial charge on any atom is -0.378 e. The highest BCUT2D eigenvalue weighted by Crippen LogP contribution is 2.34. The van der Waals surface area contributed by atoms with Crippen LogP contribution in [-0.4, -0.2) is 12.7 Å². The van der Waals surface area contributed by atoms with Crippen LogP contribution in [0.4, 0.5) is 0 Å². The summed E-state index contributed by atoms with van der Waals surface area (Å²) in [5, 5.41) is 0. The molecule has 0 N–H and O–H groups in total. The first-order valence-electron chi connectivity index (χ1n) is 12.9. The van der Waals surface area contributed by atoms with Gasteiger partial charge >= 0.3 is 0 Å². The van der Waals surface area contributed by atoms with E-state index in [1.54, 1.807) is 0 Å². The Hall–Kier alpha value is -0.0400. The second kappa shape index (κ2) is 14.9. The van der Waals surface area contributed by atoms with Gasteiger partial charge in [0.05, 0.1) is 6.10 Å². The average Bonchev–Trinajstić information content (AvgIpc) is 2.71. The summed E-state index contributed by atoms with van der Waals surface area (Å²) in [6.07, 6.45) is 27.9. The summed E-state index contributed by atoms with van der Waals surface area (Å²) < 4.78 is 6.25. The maximum absolute atomic E-state index is 6.25. The molecule has 0 aromatic carbocycles. The molecule has 2 fully saturated rings. The lowest BCUT2D eigenvalue weighted by Crippen LogP contribution is -2.22. The zero-order chi connectivity index (χ0) is 19.2. The van der Waals surface area contributed by atoms with Crippen LogP contribution < -0.4 is 0 Å². The first kappa shape index (κ1) is 23.2. The van der Waals surface area contributed by atoms with E-state index >= 15 is 0 Å². The van der Waals surface area contributed by atoms with Crippen molar-refractivity contribution < 1.29 is 4.74 Å². The maximum Gasteiger partial charge on any atom is 0.0575 e. The average molecular weight is 379 g/mol. The van der Waals surface area contributed by atoms with Gasteiger partial charge in [-0.2, -0.15) is 0 Å². The zero-order valence-corrected chi connectivity index (χ0v) is 18.9. The predicted octanol–water partition coefficient (Wildman–Crippen LogP) is 8.70. The van der Waals surface area contributed by atoms with Gasteiger partial charge in [-0.05, 0) is 56.3 Å². The number of hydrogen-bond donors (Lipinski definition) is 0. The van der Waals surface area contributed by atoms with Crippen molar-refractivity contribution in [3.8, 4) is 0 Å². The van der Waals surface area contributed by atoms with E-state index in [0.717, 1.165) is 24.4 Å². The fraction of sp³-hybridized carbons (Fsp3) is 1.00. The Kier molecular flexibility index (Phi) is 12.8. The van der Waals surface area contributed by atoms with E-state index in [-0.39, 0.29) is 0 Å². The van der Waals surface area contributed by atoms with E-state index in [2.05, 4.69) is 13.8 Å². The molecule has 0 amide bonds. The molecule has 2 aliphatic carbocycles. The Morgan fingerprint density at radius 2 is 0.963 bits per heavy atom. The van der Waals surface area contributed by atoms with Gasteiger partial charge in [-0.15, -0.1) is 0 Å². The van der Waals surface area contributed by atoms with E-state index in [0.29, 0.717) is 6.10 Å². The third kappa shape index (κ3) is 10.3. The van der Waals surface area contributed by atoms with E-state index in [1.807, 2.05) is 0 Å². The SMILES string of the molecule is CCCCCC[C@H]1CC[C@H](CCCO[C@H]2CC[C@H](CCCCC)CC2)CC1. The summed E-state index contributed by atoms with van der Waals surface area (Å²) in [6.45, 7) is 5.65. The lowest BCUT2D eigenvalue weighted by molar-refractivity contribution is 0.0131. The molecule has 2 rings (SSSR count). The van der Waals surface area contributed by atoms with Gasteiger partial charge in [0, 0.05) is 6.61 Å². The van der Waals surface area contributed by atoms with Crippen molar-refractivity contribution in [3.63, 3.8) is 0 Å². The zero-order valence-electron chi connectivity index (χ0n) is 18.9. The third-order valence-corrected chi connectivity index (χ3v) is 7.55. The number of ether oxygens (including phenoxy) is 1. The van der Waals surface area contributed by atoms with Gasteiger partial charge in [0.15, 0.2) is 0 Å². The molecule has 0 atom stereocenters. The summed E-state index contributed by atoms with van der Waals surface area (Å²) in [7, 11) is 0. The van der Waals surface area contributed by atoms with Gasteiger partial charge < -0.3 is 4.74 Å². The Labute approximate surface area is 171 Å². The summed E-state index contributed by atoms with van der Waals surface area (Å²) in [5.41, 5.74) is 0. The Morgan fingerprint density at radius 1 is 0.519 bits per heavy atom. The molecule has 1 heteroatoms. The number of rotatable bonds is 14. The third-order valence-electron chi connectivity index (χ3n) is 7.55. The van der Waals surface area contributed by atoms with Crippen LogP contribution in [0.5, 0.6) is 0 Å². The fourth-order valence-electron chi connectivity index (χ4n) is 5.56. The van der Waals surface area contributed by atoms with E-state index in [1.165, 1.54) is 122 Å². The number of unbranched alkanes of at least 4 members (excludes halogenated alkanes) is 5. The van der Waals surface area contributed by atoms with Crippen molar-refractivity contribution in [1.82, 2.24) is 0 Å². The molecule has 160 valence electrons. The highest BCUT2D eigenvalue weighted by Gasteiger charge is 2.22. The summed E-state index contributed by atoms with van der Waals surface area (Å²) in [4.78, 5) is 0.